The Bertz CT molecular complexity index is 390. The van der Waals surface area contributed by atoms with Gasteiger partial charge in [0.1, 0.15) is 0 Å². The number of nitrogens with two attached hydrogens (primary N) is 1. The minimum atomic E-state index is 0.144. The van der Waals surface area contributed by atoms with Crippen LogP contribution in [0.25, 0.3) is 0 Å². The Morgan fingerprint density at radius 3 is 2.53 bits per heavy atom. The third-order valence-electron chi connectivity index (χ3n) is 3.56. The zero-order valence-corrected chi connectivity index (χ0v) is 12.1. The van der Waals surface area contributed by atoms with E-state index >= 15 is 0 Å². The summed E-state index contributed by atoms with van der Waals surface area (Å²) < 4.78 is 0. The zero-order valence-electron chi connectivity index (χ0n) is 12.1. The molecule has 3 heteroatoms. The number of rotatable bonds is 8. The topological polar surface area (TPSA) is 55.1 Å². The maximum absolute atomic E-state index is 12.1. The molecule has 3 N–H and O–H groups in total. The Labute approximate surface area is 116 Å². The summed E-state index contributed by atoms with van der Waals surface area (Å²) in [7, 11) is 0. The molecule has 0 spiro atoms. The first-order chi connectivity index (χ1) is 9.22. The van der Waals surface area contributed by atoms with Crippen molar-refractivity contribution in [3.8, 4) is 0 Å². The second-order valence-corrected chi connectivity index (χ2v) is 4.94. The van der Waals surface area contributed by atoms with Crippen LogP contribution in [0.1, 0.15) is 50.7 Å². The van der Waals surface area contributed by atoms with Gasteiger partial charge in [0.15, 0.2) is 0 Å². The molecule has 0 aromatic heterocycles. The first-order valence-electron chi connectivity index (χ1n) is 7.27. The third kappa shape index (κ3) is 5.03. The molecule has 106 valence electrons. The summed E-state index contributed by atoms with van der Waals surface area (Å²) in [6.07, 6.45) is 4.15. The monoisotopic (exact) mass is 262 g/mol. The minimum Gasteiger partial charge on any atom is -0.352 e. The van der Waals surface area contributed by atoms with Crippen LogP contribution in [-0.4, -0.2) is 5.91 Å². The lowest BCUT2D eigenvalue weighted by molar-refractivity contribution is -0.125. The van der Waals surface area contributed by atoms with Gasteiger partial charge in [-0.15, -0.1) is 0 Å². The van der Waals surface area contributed by atoms with E-state index in [0.717, 1.165) is 36.8 Å². The van der Waals surface area contributed by atoms with Gasteiger partial charge in [0.05, 0.1) is 0 Å². The van der Waals surface area contributed by atoms with Crippen LogP contribution in [0.4, 0.5) is 0 Å². The lowest BCUT2D eigenvalue weighted by Gasteiger charge is -2.15. The number of amides is 1. The van der Waals surface area contributed by atoms with E-state index in [9.17, 15) is 4.79 Å². The number of nitrogens with one attached hydrogen (secondary N) is 1. The number of hydrogen-bond acceptors (Lipinski definition) is 2. The third-order valence-corrected chi connectivity index (χ3v) is 3.56. The highest BCUT2D eigenvalue weighted by Crippen LogP contribution is 2.13. The SMILES string of the molecule is CCCCC(CC)C(=O)NCc1ccccc1CN. The van der Waals surface area contributed by atoms with Crippen molar-refractivity contribution in [2.45, 2.75) is 52.6 Å². The Morgan fingerprint density at radius 2 is 1.95 bits per heavy atom. The second-order valence-electron chi connectivity index (χ2n) is 4.94. The molecule has 0 aliphatic carbocycles. The fourth-order valence-electron chi connectivity index (χ4n) is 2.23. The van der Waals surface area contributed by atoms with Crippen molar-refractivity contribution in [3.63, 3.8) is 0 Å². The van der Waals surface area contributed by atoms with E-state index in [0.29, 0.717) is 13.1 Å². The first-order valence-corrected chi connectivity index (χ1v) is 7.27. The number of carbonyl (C=O) groups excluding carboxylic acids is 1. The van der Waals surface area contributed by atoms with Gasteiger partial charge >= 0.3 is 0 Å². The van der Waals surface area contributed by atoms with E-state index < -0.39 is 0 Å². The van der Waals surface area contributed by atoms with E-state index in [1.54, 1.807) is 0 Å². The predicted molar refractivity (Wildman–Crippen MR) is 79.5 cm³/mol. The van der Waals surface area contributed by atoms with Crippen molar-refractivity contribution in [3.05, 3.63) is 35.4 Å². The molecule has 1 rings (SSSR count). The lowest BCUT2D eigenvalue weighted by Crippen LogP contribution is -2.30. The van der Waals surface area contributed by atoms with Crippen molar-refractivity contribution in [1.29, 1.82) is 0 Å². The summed E-state index contributed by atoms with van der Waals surface area (Å²) in [6, 6.07) is 7.99. The van der Waals surface area contributed by atoms with E-state index in [4.69, 9.17) is 5.73 Å². The Kier molecular flexibility index (Phi) is 7.19. The molecule has 19 heavy (non-hydrogen) atoms. The minimum absolute atomic E-state index is 0.144. The molecule has 0 bridgehead atoms. The molecule has 0 saturated carbocycles. The molecule has 0 radical (unpaired) electrons. The van der Waals surface area contributed by atoms with Gasteiger partial charge in [-0.05, 0) is 24.0 Å². The highest BCUT2D eigenvalue weighted by atomic mass is 16.1. The summed E-state index contributed by atoms with van der Waals surface area (Å²) in [4.78, 5) is 12.1. The van der Waals surface area contributed by atoms with E-state index in [2.05, 4.69) is 19.2 Å². The molecule has 0 aliphatic heterocycles. The molecule has 1 atom stereocenters. The van der Waals surface area contributed by atoms with Crippen LogP contribution in [0.5, 0.6) is 0 Å². The van der Waals surface area contributed by atoms with Crippen LogP contribution >= 0.6 is 0 Å². The van der Waals surface area contributed by atoms with E-state index in [-0.39, 0.29) is 11.8 Å². The molecule has 3 nitrogen and oxygen atoms in total. The predicted octanol–water partition coefficient (Wildman–Crippen LogP) is 2.98. The Morgan fingerprint density at radius 1 is 1.26 bits per heavy atom. The molecular weight excluding hydrogens is 236 g/mol. The van der Waals surface area contributed by atoms with Crippen molar-refractivity contribution in [2.24, 2.45) is 11.7 Å². The lowest BCUT2D eigenvalue weighted by atomic mass is 9.98. The molecule has 1 aromatic carbocycles. The summed E-state index contributed by atoms with van der Waals surface area (Å²) in [6.45, 7) is 5.32. The number of carbonyl (C=O) groups is 1. The van der Waals surface area contributed by atoms with Crippen LogP contribution in [0.15, 0.2) is 24.3 Å². The normalized spacial score (nSPS) is 12.2. The molecule has 0 aliphatic rings. The number of benzene rings is 1. The van der Waals surface area contributed by atoms with E-state index in [1.807, 2.05) is 24.3 Å². The van der Waals surface area contributed by atoms with Gasteiger partial charge in [0.25, 0.3) is 0 Å². The molecule has 1 aromatic rings. The van der Waals surface area contributed by atoms with Gasteiger partial charge in [-0.2, -0.15) is 0 Å². The molecule has 0 heterocycles. The summed E-state index contributed by atoms with van der Waals surface area (Å²) in [5.74, 6) is 0.313. The van der Waals surface area contributed by atoms with Crippen molar-refractivity contribution in [1.82, 2.24) is 5.32 Å². The van der Waals surface area contributed by atoms with Gasteiger partial charge in [0.2, 0.25) is 5.91 Å². The van der Waals surface area contributed by atoms with E-state index in [1.165, 1.54) is 0 Å². The summed E-state index contributed by atoms with van der Waals surface area (Å²) in [5, 5.41) is 3.04. The van der Waals surface area contributed by atoms with Crippen LogP contribution < -0.4 is 11.1 Å². The average Bonchev–Trinajstić information content (AvgIpc) is 2.46. The molecule has 1 unspecified atom stereocenters. The van der Waals surface area contributed by atoms with Crippen LogP contribution in [0.2, 0.25) is 0 Å². The van der Waals surface area contributed by atoms with Crippen LogP contribution in [0.3, 0.4) is 0 Å². The molecule has 0 fully saturated rings. The fraction of sp³-hybridized carbons (Fsp3) is 0.562. The molecular formula is C16H26N2O. The number of unbranched alkanes of at least 4 members (excludes halogenated alkanes) is 1. The van der Waals surface area contributed by atoms with Gasteiger partial charge in [-0.3, -0.25) is 4.79 Å². The Balaban J connectivity index is 2.52. The standard InChI is InChI=1S/C16H26N2O/c1-3-5-8-13(4-2)16(19)18-12-15-10-7-6-9-14(15)11-17/h6-7,9-10,13H,3-5,8,11-12,17H2,1-2H3,(H,18,19). The smallest absolute Gasteiger partial charge is 0.223 e. The van der Waals surface area contributed by atoms with Crippen molar-refractivity contribution >= 4 is 5.91 Å². The number of hydrogen-bond donors (Lipinski definition) is 2. The highest BCUT2D eigenvalue weighted by molar-refractivity contribution is 5.78. The van der Waals surface area contributed by atoms with Gasteiger partial charge in [-0.25, -0.2) is 0 Å². The summed E-state index contributed by atoms with van der Waals surface area (Å²) in [5.41, 5.74) is 7.91. The van der Waals surface area contributed by atoms with Gasteiger partial charge < -0.3 is 11.1 Å². The largest absolute Gasteiger partial charge is 0.352 e. The van der Waals surface area contributed by atoms with Crippen molar-refractivity contribution in [2.75, 3.05) is 0 Å². The fourth-order valence-corrected chi connectivity index (χ4v) is 2.23. The zero-order chi connectivity index (χ0) is 14.1. The first kappa shape index (κ1) is 15.7. The molecule has 0 saturated heterocycles. The van der Waals surface area contributed by atoms with Gasteiger partial charge in [-0.1, -0.05) is 51.0 Å². The Hall–Kier alpha value is -1.35. The maximum atomic E-state index is 12.1. The van der Waals surface area contributed by atoms with Crippen LogP contribution in [-0.2, 0) is 17.9 Å². The maximum Gasteiger partial charge on any atom is 0.223 e. The van der Waals surface area contributed by atoms with Gasteiger partial charge in [0, 0.05) is 19.0 Å². The molecule has 1 amide bonds. The second kappa shape index (κ2) is 8.70. The summed E-state index contributed by atoms with van der Waals surface area (Å²) >= 11 is 0. The quantitative estimate of drug-likeness (QED) is 0.756. The van der Waals surface area contributed by atoms with Crippen LogP contribution in [0, 0.1) is 5.92 Å². The average molecular weight is 262 g/mol. The highest BCUT2D eigenvalue weighted by Gasteiger charge is 2.15. The van der Waals surface area contributed by atoms with Crippen molar-refractivity contribution < 1.29 is 4.79 Å².